The van der Waals surface area contributed by atoms with Crippen molar-refractivity contribution in [1.82, 2.24) is 0 Å². The van der Waals surface area contributed by atoms with Crippen molar-refractivity contribution in [3.8, 4) is 0 Å². The Labute approximate surface area is 79.8 Å². The maximum absolute atomic E-state index is 2.64. The third kappa shape index (κ3) is 2.22. The fourth-order valence-electron chi connectivity index (χ4n) is 3.57. The van der Waals surface area contributed by atoms with Gasteiger partial charge in [0.1, 0.15) is 0 Å². The molecule has 0 atom stereocenters. The van der Waals surface area contributed by atoms with Crippen molar-refractivity contribution < 1.29 is 0 Å². The van der Waals surface area contributed by atoms with Gasteiger partial charge < -0.3 is 0 Å². The van der Waals surface area contributed by atoms with Crippen LogP contribution in [0.1, 0.15) is 26.7 Å². The fourth-order valence-corrected chi connectivity index (χ4v) is 24.9. The van der Waals surface area contributed by atoms with Crippen molar-refractivity contribution in [3.63, 3.8) is 0 Å². The van der Waals surface area contributed by atoms with Gasteiger partial charge in [-0.1, -0.05) is 63.2 Å². The molecule has 1 fully saturated rings. The van der Waals surface area contributed by atoms with Crippen LogP contribution >= 0.6 is 0 Å². The minimum Gasteiger partial charge on any atom is -0.0696 e. The highest BCUT2D eigenvalue weighted by Gasteiger charge is 2.49. The van der Waals surface area contributed by atoms with Gasteiger partial charge in [0, 0.05) is 16.1 Å². The van der Waals surface area contributed by atoms with Gasteiger partial charge in [-0.2, -0.15) is 0 Å². The monoisotopic (exact) mass is 200 g/mol. The molecule has 0 spiro atoms. The molecule has 12 heavy (non-hydrogen) atoms. The highest BCUT2D eigenvalue weighted by molar-refractivity contribution is 7.12. The summed E-state index contributed by atoms with van der Waals surface area (Å²) < 4.78 is 0. The van der Waals surface area contributed by atoms with E-state index in [0.29, 0.717) is 0 Å². The molecule has 0 aromatic heterocycles. The van der Waals surface area contributed by atoms with Gasteiger partial charge in [-0.25, -0.2) is 0 Å². The van der Waals surface area contributed by atoms with E-state index in [1.165, 1.54) is 12.8 Å². The molecule has 0 unspecified atom stereocenters. The zero-order valence-corrected chi connectivity index (χ0v) is 11.2. The number of hydrogen-bond donors (Lipinski definition) is 0. The molecule has 1 heterocycles. The van der Waals surface area contributed by atoms with Crippen molar-refractivity contribution >= 4 is 16.1 Å². The molecule has 0 aromatic carbocycles. The number of rotatable bonds is 4. The van der Waals surface area contributed by atoms with E-state index in [4.69, 9.17) is 0 Å². The maximum atomic E-state index is 2.64. The van der Waals surface area contributed by atoms with Crippen LogP contribution in [0.5, 0.6) is 0 Å². The quantitative estimate of drug-likeness (QED) is 0.601. The van der Waals surface area contributed by atoms with E-state index in [-0.39, 0.29) is 0 Å². The summed E-state index contributed by atoms with van der Waals surface area (Å²) in [5.74, 6) is 0. The van der Waals surface area contributed by atoms with Gasteiger partial charge in [-0.15, -0.1) is 0 Å². The van der Waals surface area contributed by atoms with Crippen molar-refractivity contribution in [1.29, 1.82) is 0 Å². The first-order chi connectivity index (χ1) is 5.54. The summed E-state index contributed by atoms with van der Waals surface area (Å²) >= 11 is 0. The molecule has 0 aliphatic carbocycles. The van der Waals surface area contributed by atoms with E-state index in [2.05, 4.69) is 26.9 Å². The summed E-state index contributed by atoms with van der Waals surface area (Å²) in [5, 5.41) is 0. The van der Waals surface area contributed by atoms with Gasteiger partial charge in [0.05, 0.1) is 0 Å². The molecular formula is C10H24Si2. The fraction of sp³-hybridized carbons (Fsp3) is 1.00. The van der Waals surface area contributed by atoms with Crippen LogP contribution < -0.4 is 0 Å². The van der Waals surface area contributed by atoms with Crippen LogP contribution in [0.25, 0.3) is 0 Å². The third-order valence-electron chi connectivity index (χ3n) is 3.41. The predicted octanol–water partition coefficient (Wildman–Crippen LogP) is 4.06. The van der Waals surface area contributed by atoms with Crippen LogP contribution in [0.4, 0.5) is 0 Å². The van der Waals surface area contributed by atoms with Gasteiger partial charge in [-0.3, -0.25) is 0 Å². The summed E-state index contributed by atoms with van der Waals surface area (Å²) in [7, 11) is -1.22. The van der Waals surface area contributed by atoms with Crippen LogP contribution in [-0.2, 0) is 0 Å². The predicted molar refractivity (Wildman–Crippen MR) is 63.0 cm³/mol. The Morgan fingerprint density at radius 2 is 1.17 bits per heavy atom. The van der Waals surface area contributed by atoms with Gasteiger partial charge in [0.15, 0.2) is 0 Å². The Morgan fingerprint density at radius 1 is 0.833 bits per heavy atom. The van der Waals surface area contributed by atoms with Crippen molar-refractivity contribution in [3.05, 3.63) is 0 Å². The van der Waals surface area contributed by atoms with Crippen LogP contribution in [0, 0.1) is 0 Å². The van der Waals surface area contributed by atoms with Crippen molar-refractivity contribution in [2.45, 2.75) is 63.2 Å². The zero-order valence-electron chi connectivity index (χ0n) is 9.24. The highest BCUT2D eigenvalue weighted by Crippen LogP contribution is 2.45. The molecule has 1 aliphatic rings. The topological polar surface area (TPSA) is 0 Å². The molecule has 0 radical (unpaired) electrons. The molecular weight excluding hydrogens is 176 g/mol. The van der Waals surface area contributed by atoms with E-state index in [9.17, 15) is 0 Å². The molecule has 1 rings (SSSR count). The van der Waals surface area contributed by atoms with E-state index >= 15 is 0 Å². The zero-order chi connectivity index (χ0) is 9.24. The Hall–Kier alpha value is 0.434. The van der Waals surface area contributed by atoms with Crippen molar-refractivity contribution in [2.75, 3.05) is 0 Å². The minimum atomic E-state index is -0.608. The van der Waals surface area contributed by atoms with E-state index < -0.39 is 16.1 Å². The van der Waals surface area contributed by atoms with Crippen LogP contribution in [0.3, 0.4) is 0 Å². The normalized spacial score (nSPS) is 41.0. The SMILES string of the molecule is CCC[Si]1(C)C[Si](C)(CCC)C1. The Bertz CT molecular complexity index is 132. The van der Waals surface area contributed by atoms with E-state index in [1.54, 1.807) is 23.4 Å². The lowest BCUT2D eigenvalue weighted by atomic mass is 10.6. The lowest BCUT2D eigenvalue weighted by Crippen LogP contribution is -2.58. The summed E-state index contributed by atoms with van der Waals surface area (Å²) in [6, 6.07) is 3.22. The Kier molecular flexibility index (Phi) is 3.21. The lowest BCUT2D eigenvalue weighted by molar-refractivity contribution is 0.987. The Balaban J connectivity index is 2.34. The summed E-state index contributed by atoms with van der Waals surface area (Å²) in [6.07, 6.45) is 2.89. The molecule has 1 saturated heterocycles. The van der Waals surface area contributed by atoms with Crippen LogP contribution in [0.15, 0.2) is 0 Å². The van der Waals surface area contributed by atoms with Gasteiger partial charge in [-0.05, 0) is 0 Å². The minimum absolute atomic E-state index is 0.608. The number of hydrogen-bond acceptors (Lipinski definition) is 0. The van der Waals surface area contributed by atoms with Crippen molar-refractivity contribution in [2.24, 2.45) is 0 Å². The first-order valence-electron chi connectivity index (χ1n) is 5.54. The van der Waals surface area contributed by atoms with E-state index in [1.807, 2.05) is 0 Å². The molecule has 0 saturated carbocycles. The van der Waals surface area contributed by atoms with Crippen LogP contribution in [-0.4, -0.2) is 16.1 Å². The second-order valence-electron chi connectivity index (χ2n) is 5.47. The molecule has 0 nitrogen and oxygen atoms in total. The van der Waals surface area contributed by atoms with Gasteiger partial charge in [0.2, 0.25) is 0 Å². The van der Waals surface area contributed by atoms with Gasteiger partial charge in [0.25, 0.3) is 0 Å². The summed E-state index contributed by atoms with van der Waals surface area (Å²) in [5.41, 5.74) is 3.50. The van der Waals surface area contributed by atoms with Gasteiger partial charge >= 0.3 is 0 Å². The standard InChI is InChI=1S/C10H24Si2/c1-5-7-11(3)9-12(4,10-11)8-6-2/h5-10H2,1-4H3. The Morgan fingerprint density at radius 3 is 1.42 bits per heavy atom. The maximum Gasteiger partial charge on any atom is 0.0452 e. The summed E-state index contributed by atoms with van der Waals surface area (Å²) in [6.45, 7) is 9.99. The molecule has 72 valence electrons. The smallest absolute Gasteiger partial charge is 0.0452 e. The highest BCUT2D eigenvalue weighted by atomic mass is 28.5. The molecule has 2 heteroatoms. The summed E-state index contributed by atoms with van der Waals surface area (Å²) in [4.78, 5) is 0. The third-order valence-corrected chi connectivity index (χ3v) is 20.5. The van der Waals surface area contributed by atoms with Crippen LogP contribution in [0.2, 0.25) is 36.5 Å². The van der Waals surface area contributed by atoms with E-state index in [0.717, 1.165) is 0 Å². The molecule has 0 amide bonds. The molecule has 0 aromatic rings. The second kappa shape index (κ2) is 3.66. The lowest BCUT2D eigenvalue weighted by Gasteiger charge is -2.51. The molecule has 0 N–H and O–H groups in total. The first kappa shape index (κ1) is 10.5. The average molecular weight is 200 g/mol. The molecule has 0 bridgehead atoms. The average Bonchev–Trinajstić information content (AvgIpc) is 1.84. The molecule has 1 aliphatic heterocycles. The second-order valence-corrected chi connectivity index (χ2v) is 16.5. The first-order valence-corrected chi connectivity index (χ1v) is 11.8. The largest absolute Gasteiger partial charge is 0.0696 e.